The fraction of sp³-hybridized carbons (Fsp3) is 0.107. The van der Waals surface area contributed by atoms with Crippen molar-refractivity contribution in [2.75, 3.05) is 0 Å². The van der Waals surface area contributed by atoms with Crippen molar-refractivity contribution in [2.24, 2.45) is 11.8 Å². The van der Waals surface area contributed by atoms with Crippen molar-refractivity contribution in [1.82, 2.24) is 0 Å². The Morgan fingerprint density at radius 2 is 0.419 bits per heavy atom. The Balaban J connectivity index is 1.12. The number of carbonyl (C=O) groups is 2. The maximum atomic E-state index is 15.3. The molecule has 8 aromatic rings. The van der Waals surface area contributed by atoms with Crippen LogP contribution < -0.4 is 28.1 Å². The van der Waals surface area contributed by atoms with Gasteiger partial charge in [-0.05, 0) is 0 Å². The fourth-order valence-electron chi connectivity index (χ4n) is 9.98. The third-order valence-corrected chi connectivity index (χ3v) is 45.3. The summed E-state index contributed by atoms with van der Waals surface area (Å²) in [6.07, 6.45) is 2.03. The van der Waals surface area contributed by atoms with Crippen LogP contribution in [0.5, 0.6) is 0 Å². The molecule has 0 aliphatic heterocycles. The van der Waals surface area contributed by atoms with Crippen LogP contribution in [-0.2, 0) is 15.6 Å². The Bertz CT molecular complexity index is 2200. The van der Waals surface area contributed by atoms with Gasteiger partial charge in [-0.15, -0.1) is 0 Å². The number of benzene rings is 8. The molecular weight excluding hydrogens is 980 g/mol. The summed E-state index contributed by atoms with van der Waals surface area (Å²) in [4.78, 5) is 30.7. The van der Waals surface area contributed by atoms with Crippen LogP contribution in [0.1, 0.15) is 25.7 Å². The van der Waals surface area contributed by atoms with Gasteiger partial charge >= 0.3 is 371 Å². The van der Waals surface area contributed by atoms with E-state index in [-0.39, 0.29) is 11.9 Å². The summed E-state index contributed by atoms with van der Waals surface area (Å²) in [5, 5.41) is 0. The van der Waals surface area contributed by atoms with E-state index in [1.165, 1.54) is 0 Å². The van der Waals surface area contributed by atoms with Crippen molar-refractivity contribution in [3.05, 3.63) is 243 Å². The molecule has 0 spiro atoms. The van der Waals surface area contributed by atoms with E-state index in [1.807, 2.05) is 146 Å². The number of rotatable bonds is 12. The second-order valence-corrected chi connectivity index (χ2v) is 40.8. The van der Waals surface area contributed by atoms with Crippen molar-refractivity contribution in [3.63, 3.8) is 0 Å². The van der Waals surface area contributed by atoms with E-state index in [2.05, 4.69) is 97.1 Å². The molecule has 0 atom stereocenters. The topological polar surface area (TPSA) is 52.6 Å². The van der Waals surface area contributed by atoms with Gasteiger partial charge in [0.2, 0.25) is 0 Å². The summed E-state index contributed by atoms with van der Waals surface area (Å²) >= 11 is -10.9. The van der Waals surface area contributed by atoms with Crippen LogP contribution in [0.3, 0.4) is 0 Å². The normalized spacial score (nSPS) is 16.6. The maximum absolute atomic E-state index is 15.3. The standard InChI is InChI=1S/C8H12O4.8C6H5.2Sb/c9-7(10)5-1-2-6(4-3-5)8(11)12;8*1-2-4-6-5-3-1;;/h5-6H,1-4H2,(H,9,10)(H,11,12);8*1-5H;;/q;;;;;;;;;2*+1/p-2. The van der Waals surface area contributed by atoms with Gasteiger partial charge in [0.25, 0.3) is 0 Å². The van der Waals surface area contributed by atoms with Gasteiger partial charge in [0, 0.05) is 0 Å². The molecule has 1 saturated carbocycles. The molecule has 0 amide bonds. The van der Waals surface area contributed by atoms with Gasteiger partial charge in [0.05, 0.1) is 0 Å². The minimum atomic E-state index is -5.45. The molecule has 0 aromatic heterocycles. The zero-order valence-corrected chi connectivity index (χ0v) is 39.7. The first-order valence-electron chi connectivity index (χ1n) is 21.5. The summed E-state index contributed by atoms with van der Waals surface area (Å²) in [6, 6.07) is 83.2. The molecule has 308 valence electrons. The summed E-state index contributed by atoms with van der Waals surface area (Å²) in [7, 11) is 0. The van der Waals surface area contributed by atoms with Gasteiger partial charge in [0.15, 0.2) is 0 Å². The molecule has 0 radical (unpaired) electrons. The van der Waals surface area contributed by atoms with E-state index >= 15 is 9.59 Å². The molecule has 0 heterocycles. The Morgan fingerprint density at radius 3 is 0.565 bits per heavy atom. The van der Waals surface area contributed by atoms with Crippen LogP contribution in [-0.4, -0.2) is 47.6 Å². The first-order valence-corrected chi connectivity index (χ1v) is 33.8. The Labute approximate surface area is 368 Å². The van der Waals surface area contributed by atoms with E-state index in [0.29, 0.717) is 25.7 Å². The summed E-state index contributed by atoms with van der Waals surface area (Å²) < 4.78 is 23.3. The quantitative estimate of drug-likeness (QED) is 0.125. The van der Waals surface area contributed by atoms with Crippen molar-refractivity contribution < 1.29 is 15.6 Å². The summed E-state index contributed by atoms with van der Waals surface area (Å²) in [6.45, 7) is 0. The van der Waals surface area contributed by atoms with Gasteiger partial charge in [-0.1, -0.05) is 0 Å². The SMILES string of the molecule is O=C([O][Sb]([c]1ccccc1)([c]1ccccc1)([c]1ccccc1)[c]1ccccc1)C1CCC(C(=O)[O][Sb]([c]2ccccc2)([c]2ccccc2)([c]2ccccc2)[c]2ccccc2)CC1. The van der Waals surface area contributed by atoms with Gasteiger partial charge in [0.1, 0.15) is 0 Å². The molecule has 62 heavy (non-hydrogen) atoms. The Kier molecular flexibility index (Phi) is 11.8. The summed E-state index contributed by atoms with van der Waals surface area (Å²) in [5.41, 5.74) is 0. The van der Waals surface area contributed by atoms with Crippen LogP contribution >= 0.6 is 0 Å². The Hall–Kier alpha value is -5.66. The van der Waals surface area contributed by atoms with E-state index in [4.69, 9.17) is 6.03 Å². The first-order chi connectivity index (χ1) is 30.5. The Morgan fingerprint density at radius 1 is 0.274 bits per heavy atom. The molecule has 9 rings (SSSR count). The second-order valence-electron chi connectivity index (χ2n) is 16.1. The van der Waals surface area contributed by atoms with E-state index < -0.39 is 47.5 Å². The molecule has 8 aromatic carbocycles. The minimum absolute atomic E-state index is 0.217. The molecular formula is C56H50O4Sb2. The molecule has 0 N–H and O–H groups in total. The van der Waals surface area contributed by atoms with E-state index in [0.717, 1.165) is 28.1 Å². The fourth-order valence-corrected chi connectivity index (χ4v) is 42.4. The predicted molar refractivity (Wildman–Crippen MR) is 258 cm³/mol. The van der Waals surface area contributed by atoms with Crippen molar-refractivity contribution in [2.45, 2.75) is 25.7 Å². The van der Waals surface area contributed by atoms with Gasteiger partial charge in [-0.3, -0.25) is 0 Å². The third-order valence-electron chi connectivity index (χ3n) is 12.9. The average Bonchev–Trinajstić information content (AvgIpc) is 3.37. The second kappa shape index (κ2) is 17.6. The van der Waals surface area contributed by atoms with Crippen LogP contribution in [0.15, 0.2) is 243 Å². The molecule has 1 aliphatic rings. The van der Waals surface area contributed by atoms with E-state index in [1.54, 1.807) is 0 Å². The molecule has 0 bridgehead atoms. The van der Waals surface area contributed by atoms with Gasteiger partial charge in [-0.2, -0.15) is 0 Å². The number of carbonyl (C=O) groups excluding carboxylic acids is 2. The average molecular weight is 1030 g/mol. The molecule has 1 aliphatic carbocycles. The zero-order chi connectivity index (χ0) is 42.3. The monoisotopic (exact) mass is 1030 g/mol. The number of hydrogen-bond donors (Lipinski definition) is 0. The van der Waals surface area contributed by atoms with Crippen molar-refractivity contribution in [1.29, 1.82) is 0 Å². The van der Waals surface area contributed by atoms with Crippen LogP contribution in [0, 0.1) is 11.8 Å². The van der Waals surface area contributed by atoms with Crippen molar-refractivity contribution >= 4 is 75.7 Å². The zero-order valence-electron chi connectivity index (χ0n) is 34.6. The molecule has 0 unspecified atom stereocenters. The molecule has 6 heteroatoms. The molecule has 0 saturated heterocycles. The first kappa shape index (κ1) is 41.7. The van der Waals surface area contributed by atoms with Crippen LogP contribution in [0.2, 0.25) is 0 Å². The number of hydrogen-bond acceptors (Lipinski definition) is 4. The van der Waals surface area contributed by atoms with Crippen molar-refractivity contribution in [3.8, 4) is 0 Å². The van der Waals surface area contributed by atoms with Crippen LogP contribution in [0.4, 0.5) is 0 Å². The molecule has 4 nitrogen and oxygen atoms in total. The summed E-state index contributed by atoms with van der Waals surface area (Å²) in [5.74, 6) is -1.24. The van der Waals surface area contributed by atoms with Crippen LogP contribution in [0.25, 0.3) is 0 Å². The van der Waals surface area contributed by atoms with E-state index in [9.17, 15) is 0 Å². The predicted octanol–water partition coefficient (Wildman–Crippen LogP) is 6.94. The third kappa shape index (κ3) is 6.66. The van der Waals surface area contributed by atoms with Gasteiger partial charge in [-0.25, -0.2) is 0 Å². The molecule has 1 fully saturated rings. The van der Waals surface area contributed by atoms with Gasteiger partial charge < -0.3 is 0 Å².